The molecule has 6 aromatic heterocycles. The van der Waals surface area contributed by atoms with Crippen LogP contribution in [0.3, 0.4) is 0 Å². The minimum Gasteiger partial charge on any atom is -0.496 e. The molecule has 10 rings (SSSR count). The number of nitrogens with zero attached hydrogens (tertiary/aromatic N) is 8. The molecule has 0 bridgehead atoms. The number of amides is 2. The van der Waals surface area contributed by atoms with E-state index in [1.54, 1.807) is 66.0 Å². The standard InChI is InChI=1S/C52H42F4N12O4/c1-27(2)68-26-34(23-62-68)48-64-46-44(29-6-8-31(41(56)16-29)20-60-52(70)39-18-36(54)10-12-43(39)72-4)32(21-58-50(46)66-48)24-67-25-33(22-61-67)47-63-45-37(13-14-57-49(45)65-47)28-5-7-30(40(55)15-28)19-59-51(69)38-17-35(53)9-11-42(38)71-3/h5-18,21-23,25-27H,19-20,24H2,1-4H3,(H,59,69)(H,60,70)(H,57,63,65)(H,58,64,66). The molecular formula is C52H42F4N12O4. The number of aromatic nitrogens is 10. The molecule has 0 aliphatic heterocycles. The van der Waals surface area contributed by atoms with Crippen LogP contribution in [0.15, 0.2) is 116 Å². The van der Waals surface area contributed by atoms with Gasteiger partial charge in [-0.15, -0.1) is 0 Å². The fourth-order valence-electron chi connectivity index (χ4n) is 8.30. The number of carbonyl (C=O) groups excluding carboxylic acids is 2. The van der Waals surface area contributed by atoms with Gasteiger partial charge in [0, 0.05) is 71.7 Å². The number of carbonyl (C=O) groups is 2. The van der Waals surface area contributed by atoms with Crippen LogP contribution in [-0.4, -0.2) is 75.5 Å². The van der Waals surface area contributed by atoms with Gasteiger partial charge in [0.05, 0.1) is 55.4 Å². The number of methoxy groups -OCH3 is 2. The molecule has 0 aliphatic carbocycles. The second-order valence-electron chi connectivity index (χ2n) is 17.0. The quantitative estimate of drug-likeness (QED) is 0.0719. The minimum absolute atomic E-state index is 0.0147. The summed E-state index contributed by atoms with van der Waals surface area (Å²) in [6.45, 7) is 3.85. The summed E-state index contributed by atoms with van der Waals surface area (Å²) in [6, 6.07) is 18.3. The van der Waals surface area contributed by atoms with Crippen molar-refractivity contribution in [2.24, 2.45) is 0 Å². The van der Waals surface area contributed by atoms with Crippen molar-refractivity contribution in [3.63, 3.8) is 0 Å². The molecule has 2 amide bonds. The number of hydrogen-bond acceptors (Lipinski definition) is 10. The normalized spacial score (nSPS) is 11.5. The topological polar surface area (TPSA) is 195 Å². The summed E-state index contributed by atoms with van der Waals surface area (Å²) in [4.78, 5) is 51.4. The van der Waals surface area contributed by atoms with Crippen LogP contribution in [-0.2, 0) is 19.6 Å². The number of halogens is 4. The highest BCUT2D eigenvalue weighted by Crippen LogP contribution is 2.35. The Morgan fingerprint density at radius 2 is 1.19 bits per heavy atom. The first kappa shape index (κ1) is 46.5. The van der Waals surface area contributed by atoms with Crippen molar-refractivity contribution in [2.45, 2.75) is 39.5 Å². The molecule has 0 unspecified atom stereocenters. The van der Waals surface area contributed by atoms with Crippen molar-refractivity contribution >= 4 is 34.1 Å². The van der Waals surface area contributed by atoms with Crippen molar-refractivity contribution in [3.05, 3.63) is 167 Å². The molecular weight excluding hydrogens is 933 g/mol. The van der Waals surface area contributed by atoms with Crippen LogP contribution in [0.1, 0.15) is 57.3 Å². The van der Waals surface area contributed by atoms with Crippen molar-refractivity contribution in [1.29, 1.82) is 0 Å². The Kier molecular flexibility index (Phi) is 12.5. The van der Waals surface area contributed by atoms with E-state index in [0.717, 1.165) is 17.7 Å². The molecule has 0 fully saturated rings. The van der Waals surface area contributed by atoms with Gasteiger partial charge in [0.25, 0.3) is 11.8 Å². The molecule has 0 atom stereocenters. The molecule has 4 aromatic carbocycles. The first-order valence-electron chi connectivity index (χ1n) is 22.4. The number of nitrogens with one attached hydrogen (secondary N) is 4. The minimum atomic E-state index is -0.635. The van der Waals surface area contributed by atoms with Crippen LogP contribution in [0, 0.1) is 23.3 Å². The molecule has 20 heteroatoms. The molecule has 0 aliphatic rings. The van der Waals surface area contributed by atoms with Crippen molar-refractivity contribution in [2.75, 3.05) is 14.2 Å². The number of benzene rings is 4. The lowest BCUT2D eigenvalue weighted by Crippen LogP contribution is -2.24. The maximum absolute atomic E-state index is 16.1. The van der Waals surface area contributed by atoms with Gasteiger partial charge >= 0.3 is 0 Å². The zero-order valence-corrected chi connectivity index (χ0v) is 38.9. The summed E-state index contributed by atoms with van der Waals surface area (Å²) in [5.41, 5.74) is 6.37. The Morgan fingerprint density at radius 3 is 1.79 bits per heavy atom. The number of rotatable bonds is 15. The molecule has 4 N–H and O–H groups in total. The average molecular weight is 975 g/mol. The molecule has 0 radical (unpaired) electrons. The molecule has 6 heterocycles. The van der Waals surface area contributed by atoms with Crippen LogP contribution in [0.4, 0.5) is 17.6 Å². The number of imidazole rings is 2. The fraction of sp³-hybridized carbons (Fsp3) is 0.154. The van der Waals surface area contributed by atoms with E-state index in [1.807, 2.05) is 24.7 Å². The SMILES string of the molecule is COc1ccc(F)cc1C(=O)NCc1ccc(-c2ccnc3[nH]c(-c4cnn(Cc5cnc6[nH]c(-c7cnn(C(C)C)c7)nc6c5-c5ccc(CNC(=O)c6cc(F)ccc6OC)c(F)c5)c4)nc23)cc1F. The van der Waals surface area contributed by atoms with Gasteiger partial charge in [0.1, 0.15) is 57.5 Å². The summed E-state index contributed by atoms with van der Waals surface area (Å²) < 4.78 is 73.6. The lowest BCUT2D eigenvalue weighted by atomic mass is 9.98. The predicted octanol–water partition coefficient (Wildman–Crippen LogP) is 9.35. The average Bonchev–Trinajstić information content (AvgIpc) is 4.22. The van der Waals surface area contributed by atoms with E-state index in [4.69, 9.17) is 24.4 Å². The Morgan fingerprint density at radius 1 is 0.625 bits per heavy atom. The van der Waals surface area contributed by atoms with Gasteiger partial charge in [-0.3, -0.25) is 19.0 Å². The van der Waals surface area contributed by atoms with Crippen LogP contribution in [0.5, 0.6) is 11.5 Å². The lowest BCUT2D eigenvalue weighted by Gasteiger charge is -2.13. The monoisotopic (exact) mass is 974 g/mol. The summed E-state index contributed by atoms with van der Waals surface area (Å²) in [5.74, 6) is -2.35. The Balaban J connectivity index is 0.921. The maximum Gasteiger partial charge on any atom is 0.255 e. The number of hydrogen-bond donors (Lipinski definition) is 4. The van der Waals surface area contributed by atoms with E-state index >= 15 is 8.78 Å². The van der Waals surface area contributed by atoms with Crippen LogP contribution in [0.25, 0.3) is 67.4 Å². The smallest absolute Gasteiger partial charge is 0.255 e. The Labute approximate surface area is 407 Å². The third kappa shape index (κ3) is 9.19. The van der Waals surface area contributed by atoms with Crippen molar-refractivity contribution < 1.29 is 36.6 Å². The van der Waals surface area contributed by atoms with Gasteiger partial charge in [-0.1, -0.05) is 24.3 Å². The zero-order valence-electron chi connectivity index (χ0n) is 38.9. The van der Waals surface area contributed by atoms with E-state index < -0.39 is 35.1 Å². The van der Waals surface area contributed by atoms with E-state index in [0.29, 0.717) is 67.4 Å². The number of H-pyrrole nitrogens is 2. The second-order valence-corrected chi connectivity index (χ2v) is 17.0. The summed E-state index contributed by atoms with van der Waals surface area (Å²) >= 11 is 0. The number of aromatic amines is 2. The van der Waals surface area contributed by atoms with Crippen molar-refractivity contribution in [1.82, 2.24) is 60.1 Å². The van der Waals surface area contributed by atoms with Gasteiger partial charge in [-0.2, -0.15) is 10.2 Å². The van der Waals surface area contributed by atoms with E-state index in [2.05, 4.69) is 35.8 Å². The Hall–Kier alpha value is -9.20. The highest BCUT2D eigenvalue weighted by atomic mass is 19.1. The second kappa shape index (κ2) is 19.3. The molecule has 16 nitrogen and oxygen atoms in total. The molecule has 0 spiro atoms. The molecule has 0 saturated heterocycles. The molecule has 10 aromatic rings. The van der Waals surface area contributed by atoms with Crippen LogP contribution in [0.2, 0.25) is 0 Å². The Bertz CT molecular complexity index is 3710. The van der Waals surface area contributed by atoms with Gasteiger partial charge in [0.2, 0.25) is 0 Å². The molecule has 72 heavy (non-hydrogen) atoms. The summed E-state index contributed by atoms with van der Waals surface area (Å²) in [7, 11) is 2.73. The van der Waals surface area contributed by atoms with Gasteiger partial charge in [-0.05, 0) is 79.6 Å². The maximum atomic E-state index is 16.1. The van der Waals surface area contributed by atoms with Gasteiger partial charge < -0.3 is 30.1 Å². The van der Waals surface area contributed by atoms with Crippen LogP contribution < -0.4 is 20.1 Å². The van der Waals surface area contributed by atoms with Crippen LogP contribution >= 0.6 is 0 Å². The predicted molar refractivity (Wildman–Crippen MR) is 259 cm³/mol. The first-order chi connectivity index (χ1) is 34.8. The summed E-state index contributed by atoms with van der Waals surface area (Å²) in [5, 5.41) is 14.4. The van der Waals surface area contributed by atoms with E-state index in [9.17, 15) is 18.4 Å². The lowest BCUT2D eigenvalue weighted by molar-refractivity contribution is 0.0938. The summed E-state index contributed by atoms with van der Waals surface area (Å²) in [6.07, 6.45) is 10.3. The number of pyridine rings is 2. The highest BCUT2D eigenvalue weighted by molar-refractivity contribution is 5.98. The molecule has 362 valence electrons. The van der Waals surface area contributed by atoms with E-state index in [1.165, 1.54) is 50.6 Å². The van der Waals surface area contributed by atoms with Crippen molar-refractivity contribution in [3.8, 4) is 56.5 Å². The zero-order chi connectivity index (χ0) is 50.2. The first-order valence-corrected chi connectivity index (χ1v) is 22.4. The van der Waals surface area contributed by atoms with Gasteiger partial charge in [-0.25, -0.2) is 37.5 Å². The largest absolute Gasteiger partial charge is 0.496 e. The number of fused-ring (bicyclic) bond motifs is 2. The number of ether oxygens (including phenoxy) is 2. The third-order valence-corrected chi connectivity index (χ3v) is 12.0. The fourth-order valence-corrected chi connectivity index (χ4v) is 8.30. The third-order valence-electron chi connectivity index (χ3n) is 12.0. The highest BCUT2D eigenvalue weighted by Gasteiger charge is 2.22. The van der Waals surface area contributed by atoms with Gasteiger partial charge in [0.15, 0.2) is 11.3 Å². The van der Waals surface area contributed by atoms with E-state index in [-0.39, 0.29) is 59.4 Å². The molecule has 0 saturated carbocycles.